The predicted octanol–water partition coefficient (Wildman–Crippen LogP) is 2.41. The fraction of sp³-hybridized carbons (Fsp3) is 0.667. The molecule has 0 saturated carbocycles. The minimum atomic E-state index is -0.0248. The fourth-order valence-electron chi connectivity index (χ4n) is 3.77. The first-order valence-corrected chi connectivity index (χ1v) is 8.73. The van der Waals surface area contributed by atoms with Crippen molar-refractivity contribution in [3.05, 3.63) is 22.5 Å². The molecule has 23 heavy (non-hydrogen) atoms. The number of hydrogen-bond acceptors (Lipinski definition) is 2. The molecule has 1 aromatic rings. The van der Waals surface area contributed by atoms with Gasteiger partial charge in [0.2, 0.25) is 5.91 Å². The lowest BCUT2D eigenvalue weighted by Gasteiger charge is -2.33. The fourth-order valence-corrected chi connectivity index (χ4v) is 3.77. The normalized spacial score (nSPS) is 21.8. The average molecular weight is 317 g/mol. The van der Waals surface area contributed by atoms with Crippen LogP contribution in [0, 0.1) is 26.7 Å². The Bertz CT molecular complexity index is 614. The van der Waals surface area contributed by atoms with Crippen molar-refractivity contribution < 1.29 is 9.59 Å². The van der Waals surface area contributed by atoms with Crippen molar-refractivity contribution in [1.29, 1.82) is 0 Å². The van der Waals surface area contributed by atoms with Gasteiger partial charge in [0.1, 0.15) is 5.69 Å². The van der Waals surface area contributed by atoms with E-state index in [2.05, 4.69) is 4.98 Å². The van der Waals surface area contributed by atoms with Gasteiger partial charge in [0, 0.05) is 31.9 Å². The van der Waals surface area contributed by atoms with Crippen LogP contribution in [0.5, 0.6) is 0 Å². The lowest BCUT2D eigenvalue weighted by Crippen LogP contribution is -2.46. The third-order valence-electron chi connectivity index (χ3n) is 5.50. The van der Waals surface area contributed by atoms with Crippen LogP contribution in [0.25, 0.3) is 0 Å². The Labute approximate surface area is 138 Å². The molecule has 0 aromatic carbocycles. The number of rotatable bonds is 2. The van der Waals surface area contributed by atoms with Gasteiger partial charge < -0.3 is 14.8 Å². The van der Waals surface area contributed by atoms with E-state index in [1.807, 2.05) is 30.6 Å². The summed E-state index contributed by atoms with van der Waals surface area (Å²) in [7, 11) is 0. The molecule has 0 aliphatic carbocycles. The first kappa shape index (κ1) is 16.1. The maximum absolute atomic E-state index is 12.8. The second-order valence-corrected chi connectivity index (χ2v) is 7.00. The molecule has 2 saturated heterocycles. The van der Waals surface area contributed by atoms with Gasteiger partial charge in [0.25, 0.3) is 5.91 Å². The number of H-pyrrole nitrogens is 1. The average Bonchev–Trinajstić information content (AvgIpc) is 3.18. The number of aromatic amines is 1. The zero-order chi connectivity index (χ0) is 16.6. The van der Waals surface area contributed by atoms with Crippen molar-refractivity contribution in [3.63, 3.8) is 0 Å². The van der Waals surface area contributed by atoms with Crippen LogP contribution < -0.4 is 0 Å². The van der Waals surface area contributed by atoms with E-state index >= 15 is 0 Å². The number of nitrogens with zero attached hydrogens (tertiary/aromatic N) is 2. The highest BCUT2D eigenvalue weighted by atomic mass is 16.2. The molecule has 1 atom stereocenters. The molecule has 5 nitrogen and oxygen atoms in total. The second-order valence-electron chi connectivity index (χ2n) is 7.00. The van der Waals surface area contributed by atoms with E-state index < -0.39 is 0 Å². The van der Waals surface area contributed by atoms with Crippen LogP contribution in [0.2, 0.25) is 0 Å². The topological polar surface area (TPSA) is 56.4 Å². The summed E-state index contributed by atoms with van der Waals surface area (Å²) in [5.74, 6) is 0.261. The van der Waals surface area contributed by atoms with Gasteiger partial charge >= 0.3 is 0 Å². The standard InChI is InChI=1S/C18H27N3O2/c1-12-13(2)16(19-14(12)3)18(23)21-10-6-7-15(11-21)17(22)20-8-4-5-9-20/h15,19H,4-11H2,1-3H3/t15-/m0/s1. The number of hydrogen-bond donors (Lipinski definition) is 1. The lowest BCUT2D eigenvalue weighted by atomic mass is 9.96. The molecule has 3 rings (SSSR count). The Morgan fingerprint density at radius 2 is 1.61 bits per heavy atom. The summed E-state index contributed by atoms with van der Waals surface area (Å²) in [5.41, 5.74) is 3.91. The Hall–Kier alpha value is -1.78. The summed E-state index contributed by atoms with van der Waals surface area (Å²) in [6.45, 7) is 9.10. The molecule has 126 valence electrons. The van der Waals surface area contributed by atoms with Crippen molar-refractivity contribution >= 4 is 11.8 Å². The smallest absolute Gasteiger partial charge is 0.270 e. The van der Waals surface area contributed by atoms with Crippen LogP contribution in [-0.2, 0) is 4.79 Å². The third-order valence-corrected chi connectivity index (χ3v) is 5.50. The van der Waals surface area contributed by atoms with Crippen LogP contribution in [-0.4, -0.2) is 52.8 Å². The van der Waals surface area contributed by atoms with Gasteiger partial charge in [-0.15, -0.1) is 0 Å². The minimum absolute atomic E-state index is 0.0248. The Morgan fingerprint density at radius 1 is 0.957 bits per heavy atom. The van der Waals surface area contributed by atoms with E-state index in [0.29, 0.717) is 12.2 Å². The predicted molar refractivity (Wildman–Crippen MR) is 89.4 cm³/mol. The highest BCUT2D eigenvalue weighted by Crippen LogP contribution is 2.24. The largest absolute Gasteiger partial charge is 0.354 e. The highest BCUT2D eigenvalue weighted by Gasteiger charge is 2.33. The second kappa shape index (κ2) is 6.38. The van der Waals surface area contributed by atoms with Crippen LogP contribution in [0.1, 0.15) is 53.0 Å². The van der Waals surface area contributed by atoms with Crippen LogP contribution in [0.3, 0.4) is 0 Å². The molecule has 2 aliphatic rings. The van der Waals surface area contributed by atoms with Gasteiger partial charge in [-0.3, -0.25) is 9.59 Å². The molecular weight excluding hydrogens is 290 g/mol. The summed E-state index contributed by atoms with van der Waals surface area (Å²) >= 11 is 0. The summed E-state index contributed by atoms with van der Waals surface area (Å²) in [4.78, 5) is 32.5. The molecule has 1 N–H and O–H groups in total. The first-order valence-electron chi connectivity index (χ1n) is 8.73. The molecule has 2 aliphatic heterocycles. The molecular formula is C18H27N3O2. The molecule has 0 radical (unpaired) electrons. The van der Waals surface area contributed by atoms with E-state index in [4.69, 9.17) is 0 Å². The number of carbonyl (C=O) groups excluding carboxylic acids is 2. The van der Waals surface area contributed by atoms with Gasteiger partial charge in [0.05, 0.1) is 5.92 Å². The number of aryl methyl sites for hydroxylation is 1. The Balaban J connectivity index is 1.71. The van der Waals surface area contributed by atoms with Crippen molar-refractivity contribution in [3.8, 4) is 0 Å². The minimum Gasteiger partial charge on any atom is -0.354 e. The molecule has 2 fully saturated rings. The summed E-state index contributed by atoms with van der Waals surface area (Å²) in [6, 6.07) is 0. The van der Waals surface area contributed by atoms with Crippen molar-refractivity contribution in [2.45, 2.75) is 46.5 Å². The van der Waals surface area contributed by atoms with E-state index in [0.717, 1.165) is 62.1 Å². The van der Waals surface area contributed by atoms with E-state index in [9.17, 15) is 9.59 Å². The number of amides is 2. The number of likely N-dealkylation sites (tertiary alicyclic amines) is 2. The summed E-state index contributed by atoms with van der Waals surface area (Å²) in [6.07, 6.45) is 4.04. The Kier molecular flexibility index (Phi) is 4.46. The quantitative estimate of drug-likeness (QED) is 0.911. The summed E-state index contributed by atoms with van der Waals surface area (Å²) < 4.78 is 0. The van der Waals surface area contributed by atoms with E-state index in [1.54, 1.807) is 0 Å². The van der Waals surface area contributed by atoms with Gasteiger partial charge in [-0.2, -0.15) is 0 Å². The van der Waals surface area contributed by atoms with Crippen molar-refractivity contribution in [1.82, 2.24) is 14.8 Å². The Morgan fingerprint density at radius 3 is 2.22 bits per heavy atom. The van der Waals surface area contributed by atoms with Crippen LogP contribution >= 0.6 is 0 Å². The zero-order valence-electron chi connectivity index (χ0n) is 14.4. The monoisotopic (exact) mass is 317 g/mol. The summed E-state index contributed by atoms with van der Waals surface area (Å²) in [5, 5.41) is 0. The number of piperidine rings is 1. The molecule has 0 unspecified atom stereocenters. The third kappa shape index (κ3) is 3.01. The number of carbonyl (C=O) groups is 2. The van der Waals surface area contributed by atoms with Crippen molar-refractivity contribution in [2.24, 2.45) is 5.92 Å². The van der Waals surface area contributed by atoms with E-state index in [-0.39, 0.29) is 17.7 Å². The molecule has 0 spiro atoms. The van der Waals surface area contributed by atoms with Gasteiger partial charge in [-0.05, 0) is 57.6 Å². The molecule has 0 bridgehead atoms. The van der Waals surface area contributed by atoms with Gasteiger partial charge in [-0.25, -0.2) is 0 Å². The van der Waals surface area contributed by atoms with Gasteiger partial charge in [-0.1, -0.05) is 0 Å². The van der Waals surface area contributed by atoms with E-state index in [1.165, 1.54) is 0 Å². The highest BCUT2D eigenvalue weighted by molar-refractivity contribution is 5.95. The maximum atomic E-state index is 12.8. The number of nitrogens with one attached hydrogen (secondary N) is 1. The van der Waals surface area contributed by atoms with Crippen molar-refractivity contribution in [2.75, 3.05) is 26.2 Å². The first-order chi connectivity index (χ1) is 11.0. The molecule has 1 aromatic heterocycles. The molecule has 5 heteroatoms. The van der Waals surface area contributed by atoms with Gasteiger partial charge in [0.15, 0.2) is 0 Å². The zero-order valence-corrected chi connectivity index (χ0v) is 14.4. The number of aromatic nitrogens is 1. The van der Waals surface area contributed by atoms with Crippen LogP contribution in [0.15, 0.2) is 0 Å². The lowest BCUT2D eigenvalue weighted by molar-refractivity contribution is -0.135. The SMILES string of the molecule is Cc1[nH]c(C(=O)N2CCC[C@H](C(=O)N3CCCC3)C2)c(C)c1C. The molecule has 3 heterocycles. The maximum Gasteiger partial charge on any atom is 0.270 e. The molecule has 2 amide bonds. The van der Waals surface area contributed by atoms with Crippen LogP contribution in [0.4, 0.5) is 0 Å².